The maximum Gasteiger partial charge on any atom is 0.0126 e. The van der Waals surface area contributed by atoms with Gasteiger partial charge in [-0.15, -0.1) is 0 Å². The van der Waals surface area contributed by atoms with Gasteiger partial charge in [0.25, 0.3) is 0 Å². The van der Waals surface area contributed by atoms with E-state index in [0.29, 0.717) is 21.4 Å². The highest BCUT2D eigenvalue weighted by molar-refractivity contribution is 7.62. The third-order valence-electron chi connectivity index (χ3n) is 5.84. The third kappa shape index (κ3) is 3.77. The maximum atomic E-state index is 2.58. The molecule has 0 N–H and O–H groups in total. The molecule has 2 atom stereocenters. The summed E-state index contributed by atoms with van der Waals surface area (Å²) in [5.74, 6) is 1.24. The summed E-state index contributed by atoms with van der Waals surface area (Å²) in [6.45, 7) is 17.4. The van der Waals surface area contributed by atoms with Crippen LogP contribution in [0.5, 0.6) is 0 Å². The Balaban J connectivity index is 2.03. The van der Waals surface area contributed by atoms with Crippen LogP contribution >= 0.6 is 7.92 Å². The minimum atomic E-state index is -0.125. The molecule has 0 spiro atoms. The smallest absolute Gasteiger partial charge is 0.0126 e. The molecule has 0 amide bonds. The fourth-order valence-electron chi connectivity index (χ4n) is 5.64. The molecular weight excluding hydrogens is 331 g/mol. The van der Waals surface area contributed by atoms with Gasteiger partial charge in [0.15, 0.2) is 0 Å². The van der Waals surface area contributed by atoms with Gasteiger partial charge in [0.05, 0.1) is 0 Å². The van der Waals surface area contributed by atoms with Crippen molar-refractivity contribution in [1.29, 1.82) is 0 Å². The Morgan fingerprint density at radius 1 is 0.769 bits per heavy atom. The van der Waals surface area contributed by atoms with E-state index >= 15 is 0 Å². The standard InChI is InChI=1S/C25H35P/c1-23(2,3)26(24(4,5)6)25(7)18-21(25)22(19-14-10-8-11-15-19)20-16-12-9-13-17-20/h8-17,21-22H,18H2,1-7H3. The molecule has 1 aliphatic carbocycles. The molecule has 3 rings (SSSR count). The van der Waals surface area contributed by atoms with Gasteiger partial charge in [-0.05, 0) is 38.9 Å². The van der Waals surface area contributed by atoms with E-state index in [1.165, 1.54) is 17.5 Å². The molecule has 1 aliphatic rings. The molecule has 1 saturated carbocycles. The van der Waals surface area contributed by atoms with Gasteiger partial charge >= 0.3 is 0 Å². The molecule has 26 heavy (non-hydrogen) atoms. The van der Waals surface area contributed by atoms with Crippen LogP contribution in [0.1, 0.15) is 71.9 Å². The molecule has 2 unspecified atom stereocenters. The van der Waals surface area contributed by atoms with E-state index in [9.17, 15) is 0 Å². The van der Waals surface area contributed by atoms with Crippen LogP contribution in [0.3, 0.4) is 0 Å². The van der Waals surface area contributed by atoms with Crippen LogP contribution < -0.4 is 0 Å². The zero-order valence-corrected chi connectivity index (χ0v) is 18.5. The normalized spacial score (nSPS) is 23.5. The zero-order valence-electron chi connectivity index (χ0n) is 17.6. The Labute approximate surface area is 162 Å². The lowest BCUT2D eigenvalue weighted by Gasteiger charge is -2.47. The van der Waals surface area contributed by atoms with Gasteiger partial charge in [0.2, 0.25) is 0 Å². The lowest BCUT2D eigenvalue weighted by Crippen LogP contribution is -2.33. The Kier molecular flexibility index (Phi) is 5.13. The first-order chi connectivity index (χ1) is 12.0. The van der Waals surface area contributed by atoms with Crippen molar-refractivity contribution in [3.8, 4) is 0 Å². The van der Waals surface area contributed by atoms with Crippen LogP contribution in [-0.4, -0.2) is 15.5 Å². The SMILES string of the molecule is CC(C)(C)P(C(C)(C)C)C1(C)CC1C(c1ccccc1)c1ccccc1. The van der Waals surface area contributed by atoms with Crippen molar-refractivity contribution in [2.24, 2.45) is 5.92 Å². The second-order valence-electron chi connectivity index (χ2n) is 10.1. The fourth-order valence-corrected chi connectivity index (χ4v) is 11.6. The van der Waals surface area contributed by atoms with Gasteiger partial charge in [-0.1, -0.05) is 117 Å². The minimum Gasteiger partial charge on any atom is -0.0892 e. The van der Waals surface area contributed by atoms with Crippen molar-refractivity contribution < 1.29 is 0 Å². The number of hydrogen-bond donors (Lipinski definition) is 0. The van der Waals surface area contributed by atoms with Gasteiger partial charge in [-0.25, -0.2) is 0 Å². The van der Waals surface area contributed by atoms with Crippen LogP contribution in [0.2, 0.25) is 0 Å². The van der Waals surface area contributed by atoms with E-state index < -0.39 is 0 Å². The second-order valence-corrected chi connectivity index (χ2v) is 14.5. The molecule has 0 aliphatic heterocycles. The number of benzene rings is 2. The quantitative estimate of drug-likeness (QED) is 0.487. The van der Waals surface area contributed by atoms with E-state index in [1.807, 2.05) is 0 Å². The zero-order chi connectivity index (χ0) is 19.2. The molecule has 0 heterocycles. The molecule has 2 aromatic rings. The molecule has 0 radical (unpaired) electrons. The molecule has 0 nitrogen and oxygen atoms in total. The van der Waals surface area contributed by atoms with Crippen LogP contribution in [0.4, 0.5) is 0 Å². The summed E-state index contributed by atoms with van der Waals surface area (Å²) < 4.78 is 0. The first-order valence-corrected chi connectivity index (χ1v) is 11.3. The molecule has 0 aromatic heterocycles. The highest BCUT2D eigenvalue weighted by Gasteiger charge is 2.63. The van der Waals surface area contributed by atoms with Crippen molar-refractivity contribution in [2.45, 2.75) is 76.3 Å². The molecule has 0 saturated heterocycles. The predicted octanol–water partition coefficient (Wildman–Crippen LogP) is 7.68. The van der Waals surface area contributed by atoms with E-state index in [0.717, 1.165) is 5.92 Å². The lowest BCUT2D eigenvalue weighted by atomic mass is 9.86. The summed E-state index contributed by atoms with van der Waals surface area (Å²) in [5, 5.41) is 1.19. The summed E-state index contributed by atoms with van der Waals surface area (Å²) >= 11 is 0. The second kappa shape index (κ2) is 6.79. The van der Waals surface area contributed by atoms with E-state index in [1.54, 1.807) is 0 Å². The van der Waals surface area contributed by atoms with E-state index in [-0.39, 0.29) is 7.92 Å². The Bertz CT molecular complexity index is 667. The predicted molar refractivity (Wildman–Crippen MR) is 118 cm³/mol. The molecular formula is C25H35P. The van der Waals surface area contributed by atoms with Crippen molar-refractivity contribution in [3.63, 3.8) is 0 Å². The largest absolute Gasteiger partial charge is 0.0892 e. The van der Waals surface area contributed by atoms with Crippen LogP contribution in [0.25, 0.3) is 0 Å². The molecule has 1 fully saturated rings. The van der Waals surface area contributed by atoms with Crippen molar-refractivity contribution in [1.82, 2.24) is 0 Å². The van der Waals surface area contributed by atoms with Crippen molar-refractivity contribution >= 4 is 7.92 Å². The Hall–Kier alpha value is -1.13. The van der Waals surface area contributed by atoms with Gasteiger partial charge in [-0.2, -0.15) is 0 Å². The highest BCUT2D eigenvalue weighted by atomic mass is 31.1. The van der Waals surface area contributed by atoms with Gasteiger partial charge < -0.3 is 0 Å². The van der Waals surface area contributed by atoms with E-state index in [2.05, 4.69) is 109 Å². The first-order valence-electron chi connectivity index (χ1n) is 9.95. The molecule has 140 valence electrons. The molecule has 2 aromatic carbocycles. The van der Waals surface area contributed by atoms with Crippen molar-refractivity contribution in [2.75, 3.05) is 0 Å². The number of hydrogen-bond acceptors (Lipinski definition) is 0. The molecule has 0 bridgehead atoms. The summed E-state index contributed by atoms with van der Waals surface area (Å²) in [4.78, 5) is 0. The van der Waals surface area contributed by atoms with Gasteiger partial charge in [0.1, 0.15) is 0 Å². The van der Waals surface area contributed by atoms with Crippen LogP contribution in [-0.2, 0) is 0 Å². The topological polar surface area (TPSA) is 0 Å². The maximum absolute atomic E-state index is 2.58. The van der Waals surface area contributed by atoms with Crippen molar-refractivity contribution in [3.05, 3.63) is 71.8 Å². The third-order valence-corrected chi connectivity index (χ3v) is 10.1. The first kappa shape index (κ1) is 19.6. The van der Waals surface area contributed by atoms with Crippen LogP contribution in [0, 0.1) is 5.92 Å². The monoisotopic (exact) mass is 366 g/mol. The van der Waals surface area contributed by atoms with E-state index in [4.69, 9.17) is 0 Å². The Morgan fingerprint density at radius 2 is 1.15 bits per heavy atom. The molecule has 1 heteroatoms. The van der Waals surface area contributed by atoms with Gasteiger partial charge in [0, 0.05) is 5.92 Å². The Morgan fingerprint density at radius 3 is 1.50 bits per heavy atom. The fraction of sp³-hybridized carbons (Fsp3) is 0.520. The summed E-state index contributed by atoms with van der Waals surface area (Å²) in [7, 11) is -0.125. The number of rotatable bonds is 4. The average molecular weight is 367 g/mol. The highest BCUT2D eigenvalue weighted by Crippen LogP contribution is 2.79. The van der Waals surface area contributed by atoms with Gasteiger partial charge in [-0.3, -0.25) is 0 Å². The lowest BCUT2D eigenvalue weighted by molar-refractivity contribution is 0.629. The summed E-state index contributed by atoms with van der Waals surface area (Å²) in [6.07, 6.45) is 1.35. The summed E-state index contributed by atoms with van der Waals surface area (Å²) in [5.41, 5.74) is 2.95. The average Bonchev–Trinajstić information content (AvgIpc) is 3.17. The summed E-state index contributed by atoms with van der Waals surface area (Å²) in [6, 6.07) is 22.4. The minimum absolute atomic E-state index is 0.125. The van der Waals surface area contributed by atoms with Crippen LogP contribution in [0.15, 0.2) is 60.7 Å².